The highest BCUT2D eigenvalue weighted by Crippen LogP contribution is 2.28. The highest BCUT2D eigenvalue weighted by Gasteiger charge is 2.47. The summed E-state index contributed by atoms with van der Waals surface area (Å²) in [4.78, 5) is 269. The maximum Gasteiger partial charge on any atom is 0.246 e. The Kier molecular flexibility index (Phi) is 38.8. The zero-order valence-corrected chi connectivity index (χ0v) is 78.2. The minimum Gasteiger partial charge on any atom is -0.508 e. The molecule has 0 spiro atoms. The van der Waals surface area contributed by atoms with Crippen molar-refractivity contribution in [1.29, 1.82) is 0 Å². The first kappa shape index (κ1) is 105. The molecule has 6 heterocycles. The number of nitrogens with two attached hydrogens (primary N) is 2. The van der Waals surface area contributed by atoms with Crippen molar-refractivity contribution in [2.45, 2.75) is 248 Å². The van der Waals surface area contributed by atoms with Crippen LogP contribution in [-0.4, -0.2) is 310 Å². The molecule has 3 fully saturated rings. The predicted molar refractivity (Wildman–Crippen MR) is 495 cm³/mol. The summed E-state index contributed by atoms with van der Waals surface area (Å²) in [5, 5.41) is 60.9. The number of nitrogens with one attached hydrogen (secondary N) is 13. The SMILES string of the molecule is CCCCC[C@H]1C(=O)N(C)[C@@H](CCCC)C(=O)N[C@@H](CC(C)C)C(=O)N[C@H](C(=O)NCC(N)=O)CSCC(=O)N[C@@H](Cc2ccc(O)cc2)C(=O)N(C)[C@@H](C)C(=O)N[C@@H](CC(N)=O)C(=O)N2CCC[C@H]2C(=O)N[C@@H](Cc2cnc[nH]2)C(=O)N[C@@H](CC(C)C)C(=O)N2C[C@H](O)C[C@H]2C(=O)N[C@@H](Cc2c[nH]c3ccccc23)C(=O)N[C@@H](CO)C(=O)N[C@@H](Cc2c[nH]c3ccccc23)C(=O)N1C. The average molecular weight is 1880 g/mol. The Balaban J connectivity index is 1.10. The number of aromatic nitrogens is 4. The van der Waals surface area contributed by atoms with Crippen LogP contribution >= 0.6 is 11.8 Å². The molecular weight excluding hydrogens is 1750 g/mol. The molecule has 3 aromatic carbocycles. The Bertz CT molecular complexity index is 5140. The summed E-state index contributed by atoms with van der Waals surface area (Å²) in [5.41, 5.74) is 14.2. The third kappa shape index (κ3) is 28.8. The summed E-state index contributed by atoms with van der Waals surface area (Å²) >= 11 is 0.798. The normalized spacial score (nSPS) is 25.0. The zero-order chi connectivity index (χ0) is 97.9. The first-order valence-corrected chi connectivity index (χ1v) is 46.6. The third-order valence-corrected chi connectivity index (χ3v) is 25.3. The molecule has 3 aliphatic heterocycles. The van der Waals surface area contributed by atoms with Gasteiger partial charge >= 0.3 is 0 Å². The zero-order valence-electron chi connectivity index (χ0n) is 77.3. The number of likely N-dealkylation sites (N-methyl/N-ethyl adjacent to an activating group) is 3. The second-order valence-electron chi connectivity index (χ2n) is 35.5. The number of hydrogen-bond acceptors (Lipinski definition) is 22. The minimum atomic E-state index is -1.88. The van der Waals surface area contributed by atoms with E-state index < -0.39 is 229 Å². The number of thioether (sulfide) groups is 1. The lowest BCUT2D eigenvalue weighted by molar-refractivity contribution is -0.149. The van der Waals surface area contributed by atoms with Crippen LogP contribution < -0.4 is 64.6 Å². The van der Waals surface area contributed by atoms with Gasteiger partial charge in [-0.05, 0) is 98.2 Å². The van der Waals surface area contributed by atoms with E-state index in [0.29, 0.717) is 76.3 Å². The molecule has 0 saturated carbocycles. The van der Waals surface area contributed by atoms with Gasteiger partial charge in [0.15, 0.2) is 0 Å². The van der Waals surface area contributed by atoms with Crippen molar-refractivity contribution in [2.24, 2.45) is 23.3 Å². The van der Waals surface area contributed by atoms with Crippen molar-refractivity contribution in [3.63, 3.8) is 0 Å². The number of phenols is 1. The Morgan fingerprint density at radius 1 is 0.530 bits per heavy atom. The van der Waals surface area contributed by atoms with Crippen molar-refractivity contribution in [3.05, 3.63) is 120 Å². The number of primary amides is 2. The number of fused-ring (bicyclic) bond motifs is 4. The Morgan fingerprint density at radius 3 is 1.65 bits per heavy atom. The van der Waals surface area contributed by atoms with Gasteiger partial charge in [0, 0.05) is 118 Å². The summed E-state index contributed by atoms with van der Waals surface area (Å²) in [5.74, 6) is -17.4. The van der Waals surface area contributed by atoms with E-state index in [1.165, 1.54) is 74.7 Å². The van der Waals surface area contributed by atoms with Gasteiger partial charge in [0.2, 0.25) is 100 Å². The number of carbonyl (C=O) groups is 17. The number of rotatable bonds is 25. The van der Waals surface area contributed by atoms with Gasteiger partial charge in [-0.3, -0.25) is 81.5 Å². The first-order valence-electron chi connectivity index (χ1n) is 45.5. The molecule has 42 heteroatoms. The van der Waals surface area contributed by atoms with Crippen molar-refractivity contribution in [3.8, 4) is 5.75 Å². The number of hydrogen-bond donors (Lipinski definition) is 18. The monoisotopic (exact) mass is 1880 g/mol. The van der Waals surface area contributed by atoms with Crippen molar-refractivity contribution in [2.75, 3.05) is 58.9 Å². The smallest absolute Gasteiger partial charge is 0.246 e. The van der Waals surface area contributed by atoms with Gasteiger partial charge in [0.1, 0.15) is 90.3 Å². The summed E-state index contributed by atoms with van der Waals surface area (Å²) in [7, 11) is 3.99. The number of H-pyrrole nitrogens is 3. The van der Waals surface area contributed by atoms with E-state index in [1.54, 1.807) is 88.6 Å². The fourth-order valence-electron chi connectivity index (χ4n) is 16.9. The number of aliphatic hydroxyl groups is 2. The molecule has 6 aromatic rings. The van der Waals surface area contributed by atoms with Gasteiger partial charge in [-0.2, -0.15) is 0 Å². The molecule has 0 radical (unpaired) electrons. The maximum absolute atomic E-state index is 15.8. The second-order valence-corrected chi connectivity index (χ2v) is 36.5. The van der Waals surface area contributed by atoms with E-state index in [2.05, 4.69) is 73.1 Å². The number of aliphatic hydroxyl groups excluding tert-OH is 2. The number of aromatic hydroxyl groups is 1. The molecule has 3 saturated heterocycles. The van der Waals surface area contributed by atoms with Crippen LogP contribution in [0, 0.1) is 11.8 Å². The van der Waals surface area contributed by atoms with E-state index in [9.17, 15) is 58.5 Å². The molecule has 41 nitrogen and oxygen atoms in total. The number of unbranched alkanes of at least 4 members (excludes halogenated alkanes) is 3. The number of para-hydroxylation sites is 2. The average Bonchev–Trinajstić information content (AvgIpc) is 1.63. The Labute approximate surface area is 780 Å². The topological polar surface area (TPSA) is 600 Å². The van der Waals surface area contributed by atoms with Gasteiger partial charge in [0.25, 0.3) is 0 Å². The number of amides is 17. The lowest BCUT2D eigenvalue weighted by Gasteiger charge is -2.36. The Hall–Kier alpha value is -13.0. The van der Waals surface area contributed by atoms with E-state index in [1.807, 2.05) is 13.8 Å². The van der Waals surface area contributed by atoms with Crippen LogP contribution in [0.2, 0.25) is 0 Å². The number of carbonyl (C=O) groups excluding carboxylic acids is 17. The number of aromatic amines is 3. The molecule has 0 unspecified atom stereocenters. The van der Waals surface area contributed by atoms with E-state index in [0.717, 1.165) is 26.5 Å². The van der Waals surface area contributed by atoms with Crippen molar-refractivity contribution in [1.82, 2.24) is 97.6 Å². The van der Waals surface area contributed by atoms with E-state index in [-0.39, 0.29) is 94.8 Å². The number of imidazole rings is 1. The molecule has 20 N–H and O–H groups in total. The molecule has 3 aliphatic rings. The number of benzene rings is 3. The molecule has 0 bridgehead atoms. The standard InChI is InChI=1S/C92H129N21O20S/c1-11-13-15-26-74-92(133)110(9)72(25-14-12-2)85(126)101-63(33-50(3)4)81(122)108-71(80(121)98-44-77(94)118)47-134-48-78(119)100-67(35-53-28-30-57(115)31-29-53)88(129)109(8)52(7)79(120)104-69(40-76(93)117)90(131)112-32-20-27-73(112)86(127)103-65(38-56-43-95-49-99-56)83(124)105-66(34-51(5)6)91(132)113-45-58(116)39-75(113)87(128)102-64(36-54-41-96-61-23-18-16-21-59(54)61)82(123)107-70(46-114)84(125)106-68(89(130)111(74)10)37-55-42-97-62-24-19-17-22-60(55)62/h16-19,21-24,28-31,41-43,49-52,58,63-75,96-97,114-116H,11-15,20,25-27,32-40,44-48H2,1-10H3,(H2,93,117)(H2,94,118)(H,95,99)(H,98,121)(H,100,119)(H,101,126)(H,102,128)(H,103,127)(H,104,120)(H,105,124)(H,106,125)(H,107,123)(H,108,122)/t52-,58+,63-,64-,65-,66-,67-,68-,69-,70-,71-,72-,73-,74-,75-/m0/s1. The van der Waals surface area contributed by atoms with Crippen LogP contribution in [0.5, 0.6) is 5.75 Å². The molecule has 9 rings (SSSR count). The van der Waals surface area contributed by atoms with Crippen LogP contribution in [0.25, 0.3) is 21.8 Å². The maximum atomic E-state index is 15.8. The van der Waals surface area contributed by atoms with Crippen molar-refractivity contribution >= 4 is 134 Å². The van der Waals surface area contributed by atoms with Crippen LogP contribution in [0.15, 0.2) is 97.7 Å². The fourth-order valence-corrected chi connectivity index (χ4v) is 17.7. The first-order chi connectivity index (χ1) is 63.8. The highest BCUT2D eigenvalue weighted by atomic mass is 32.2. The number of nitrogens with zero attached hydrogens (tertiary/aromatic N) is 6. The summed E-state index contributed by atoms with van der Waals surface area (Å²) in [6.45, 7) is 9.76. The van der Waals surface area contributed by atoms with Gasteiger partial charge in [0.05, 0.1) is 37.8 Å². The Morgan fingerprint density at radius 2 is 1.05 bits per heavy atom. The molecule has 15 atom stereocenters. The van der Waals surface area contributed by atoms with E-state index in [4.69, 9.17) is 11.5 Å². The molecule has 17 amide bonds. The molecule has 134 heavy (non-hydrogen) atoms. The van der Waals surface area contributed by atoms with Crippen LogP contribution in [0.1, 0.15) is 154 Å². The van der Waals surface area contributed by atoms with Gasteiger partial charge < -0.3 is 119 Å². The highest BCUT2D eigenvalue weighted by molar-refractivity contribution is 8.00. The van der Waals surface area contributed by atoms with Gasteiger partial charge in [-0.1, -0.05) is 122 Å². The summed E-state index contributed by atoms with van der Waals surface area (Å²) < 4.78 is 0. The predicted octanol–water partition coefficient (Wildman–Crippen LogP) is -0.756. The third-order valence-electron chi connectivity index (χ3n) is 24.3. The minimum absolute atomic E-state index is 0.0102. The van der Waals surface area contributed by atoms with Crippen LogP contribution in [0.3, 0.4) is 0 Å². The summed E-state index contributed by atoms with van der Waals surface area (Å²) in [6, 6.07) is -1.69. The van der Waals surface area contributed by atoms with Gasteiger partial charge in [-0.15, -0.1) is 11.8 Å². The quantitative estimate of drug-likeness (QED) is 0.0313. The molecule has 0 aliphatic carbocycles. The summed E-state index contributed by atoms with van der Waals surface area (Å²) in [6.07, 6.45) is 4.92. The van der Waals surface area contributed by atoms with Crippen LogP contribution in [-0.2, 0) is 107 Å². The van der Waals surface area contributed by atoms with Crippen molar-refractivity contribution < 1.29 is 96.8 Å². The molecule has 3 aromatic heterocycles. The number of phenolic OH excluding ortho intramolecular Hbond substituents is 1. The molecule has 728 valence electrons. The lowest BCUT2D eigenvalue weighted by atomic mass is 9.99. The fraction of sp³-hybridized carbons (Fsp3) is 0.543. The largest absolute Gasteiger partial charge is 0.508 e. The van der Waals surface area contributed by atoms with E-state index >= 15 is 38.4 Å². The second kappa shape index (κ2) is 49.7. The molecular formula is C92H129N21O20S. The van der Waals surface area contributed by atoms with Gasteiger partial charge in [-0.25, -0.2) is 4.98 Å². The lowest BCUT2D eigenvalue weighted by Crippen LogP contribution is -2.62. The van der Waals surface area contributed by atoms with Crippen LogP contribution in [0.4, 0.5) is 0 Å².